The van der Waals surface area contributed by atoms with Crippen molar-refractivity contribution in [1.82, 2.24) is 14.5 Å². The van der Waals surface area contributed by atoms with Gasteiger partial charge in [0, 0.05) is 35.9 Å². The van der Waals surface area contributed by atoms with Crippen LogP contribution in [0.2, 0.25) is 0 Å². The molecule has 0 aliphatic carbocycles. The van der Waals surface area contributed by atoms with Crippen molar-refractivity contribution in [2.45, 2.75) is 12.7 Å². The maximum atomic E-state index is 13.6. The highest BCUT2D eigenvalue weighted by Crippen LogP contribution is 2.24. The second-order valence-electron chi connectivity index (χ2n) is 8.06. The van der Waals surface area contributed by atoms with Crippen molar-refractivity contribution in [3.8, 4) is 0 Å². The monoisotopic (exact) mass is 518 g/mol. The lowest BCUT2D eigenvalue weighted by atomic mass is 10.1. The minimum Gasteiger partial charge on any atom is -0.398 e. The summed E-state index contributed by atoms with van der Waals surface area (Å²) in [5.41, 5.74) is 5.47. The van der Waals surface area contributed by atoms with Crippen LogP contribution >= 0.6 is 0 Å². The van der Waals surface area contributed by atoms with Gasteiger partial charge in [0.25, 0.3) is 11.5 Å². The van der Waals surface area contributed by atoms with Gasteiger partial charge in [-0.05, 0) is 42.0 Å². The molecule has 0 aliphatic rings. The fourth-order valence-corrected chi connectivity index (χ4v) is 3.36. The molecule has 1 aromatic carbocycles. The van der Waals surface area contributed by atoms with E-state index in [0.717, 1.165) is 17.8 Å². The van der Waals surface area contributed by atoms with E-state index in [1.807, 2.05) is 30.3 Å². The topological polar surface area (TPSA) is 115 Å². The molecule has 3 N–H and O–H groups in total. The number of nitrogens with zero attached hydrogens (tertiary/aromatic N) is 4. The summed E-state index contributed by atoms with van der Waals surface area (Å²) < 4.78 is 42.1. The second-order valence-corrected chi connectivity index (χ2v) is 8.06. The van der Waals surface area contributed by atoms with E-state index in [-0.39, 0.29) is 34.9 Å². The SMILES string of the molecule is NC(=CC(=Nc1ccc(NC(=O)c2ccc(=O)n(Cc3ccccc3)c2)nc1)C(F)(F)F)c1cccnc1. The first-order valence-electron chi connectivity index (χ1n) is 11.2. The molecule has 3 aromatic heterocycles. The molecule has 0 aliphatic heterocycles. The number of amides is 1. The number of anilines is 1. The van der Waals surface area contributed by atoms with Gasteiger partial charge in [0.15, 0.2) is 0 Å². The number of nitrogens with one attached hydrogen (secondary N) is 1. The summed E-state index contributed by atoms with van der Waals surface area (Å²) in [4.78, 5) is 36.4. The molecule has 0 saturated heterocycles. The van der Waals surface area contributed by atoms with Crippen LogP contribution in [-0.4, -0.2) is 32.3 Å². The molecule has 0 bridgehead atoms. The van der Waals surface area contributed by atoms with E-state index in [0.29, 0.717) is 5.56 Å². The zero-order chi connectivity index (χ0) is 27.1. The molecule has 8 nitrogen and oxygen atoms in total. The number of hydrogen-bond acceptors (Lipinski definition) is 6. The normalized spacial score (nSPS) is 12.3. The minimum atomic E-state index is -4.78. The lowest BCUT2D eigenvalue weighted by molar-refractivity contribution is -0.0576. The fourth-order valence-electron chi connectivity index (χ4n) is 3.36. The predicted octanol–water partition coefficient (Wildman–Crippen LogP) is 4.57. The third kappa shape index (κ3) is 6.78. The Labute approximate surface area is 215 Å². The third-order valence-electron chi connectivity index (χ3n) is 5.26. The Balaban J connectivity index is 1.50. The Morgan fingerprint density at radius 1 is 1.00 bits per heavy atom. The Morgan fingerprint density at radius 2 is 1.79 bits per heavy atom. The molecule has 3 heterocycles. The fraction of sp³-hybridized carbons (Fsp3) is 0.0741. The number of aromatic nitrogens is 3. The summed E-state index contributed by atoms with van der Waals surface area (Å²) in [5.74, 6) is -0.451. The van der Waals surface area contributed by atoms with Crippen molar-refractivity contribution in [2.75, 3.05) is 5.32 Å². The lowest BCUT2D eigenvalue weighted by Crippen LogP contribution is -2.22. The van der Waals surface area contributed by atoms with E-state index in [2.05, 4.69) is 20.3 Å². The Hall–Kier alpha value is -5.06. The number of aliphatic imine (C=N–C) groups is 1. The van der Waals surface area contributed by atoms with Crippen molar-refractivity contribution in [2.24, 2.45) is 10.7 Å². The first-order valence-corrected chi connectivity index (χ1v) is 11.2. The first kappa shape index (κ1) is 26.0. The van der Waals surface area contributed by atoms with Crippen LogP contribution in [0.25, 0.3) is 5.70 Å². The summed E-state index contributed by atoms with van der Waals surface area (Å²) in [7, 11) is 0. The van der Waals surface area contributed by atoms with Gasteiger partial charge in [-0.3, -0.25) is 14.6 Å². The van der Waals surface area contributed by atoms with Gasteiger partial charge in [0.2, 0.25) is 0 Å². The van der Waals surface area contributed by atoms with Crippen molar-refractivity contribution in [3.05, 3.63) is 125 Å². The van der Waals surface area contributed by atoms with Crippen molar-refractivity contribution in [3.63, 3.8) is 0 Å². The highest BCUT2D eigenvalue weighted by molar-refractivity contribution is 6.05. The number of halogens is 3. The average Bonchev–Trinajstić information content (AvgIpc) is 2.91. The van der Waals surface area contributed by atoms with Gasteiger partial charge >= 0.3 is 6.18 Å². The van der Waals surface area contributed by atoms with Crippen LogP contribution in [0, 0.1) is 0 Å². The molecule has 11 heteroatoms. The van der Waals surface area contributed by atoms with Gasteiger partial charge in [-0.1, -0.05) is 30.3 Å². The molecule has 0 unspecified atom stereocenters. The predicted molar refractivity (Wildman–Crippen MR) is 138 cm³/mol. The Bertz CT molecular complexity index is 1530. The number of rotatable bonds is 7. The Kier molecular flexibility index (Phi) is 7.76. The van der Waals surface area contributed by atoms with E-state index < -0.39 is 17.8 Å². The van der Waals surface area contributed by atoms with Crippen LogP contribution in [0.4, 0.5) is 24.7 Å². The number of hydrogen-bond donors (Lipinski definition) is 2. The van der Waals surface area contributed by atoms with E-state index in [9.17, 15) is 22.8 Å². The molecule has 0 saturated carbocycles. The lowest BCUT2D eigenvalue weighted by Gasteiger charge is -2.10. The maximum absolute atomic E-state index is 13.6. The number of allylic oxidation sites excluding steroid dienone is 1. The smallest absolute Gasteiger partial charge is 0.398 e. The average molecular weight is 518 g/mol. The van der Waals surface area contributed by atoms with Gasteiger partial charge in [0.05, 0.1) is 24.0 Å². The molecule has 0 fully saturated rings. The summed E-state index contributed by atoms with van der Waals surface area (Å²) in [6.07, 6.45) is 1.28. The summed E-state index contributed by atoms with van der Waals surface area (Å²) in [6.45, 7) is 0.285. The molecule has 0 radical (unpaired) electrons. The molecule has 0 atom stereocenters. The number of carbonyl (C=O) groups is 1. The largest absolute Gasteiger partial charge is 0.433 e. The minimum absolute atomic E-state index is 0.0914. The van der Waals surface area contributed by atoms with Gasteiger partial charge in [-0.25, -0.2) is 9.98 Å². The van der Waals surface area contributed by atoms with E-state index in [1.165, 1.54) is 53.5 Å². The molecular weight excluding hydrogens is 497 g/mol. The van der Waals surface area contributed by atoms with E-state index in [1.54, 1.807) is 6.07 Å². The van der Waals surface area contributed by atoms with Crippen molar-refractivity contribution in [1.29, 1.82) is 0 Å². The number of pyridine rings is 3. The number of nitrogens with two attached hydrogens (primary N) is 1. The van der Waals surface area contributed by atoms with Crippen molar-refractivity contribution < 1.29 is 18.0 Å². The number of alkyl halides is 3. The number of carbonyl (C=O) groups excluding carboxylic acids is 1. The van der Waals surface area contributed by atoms with E-state index in [4.69, 9.17) is 5.73 Å². The van der Waals surface area contributed by atoms with Gasteiger partial charge < -0.3 is 15.6 Å². The van der Waals surface area contributed by atoms with Crippen LogP contribution < -0.4 is 16.6 Å². The molecule has 0 spiro atoms. The Morgan fingerprint density at radius 3 is 2.45 bits per heavy atom. The number of benzene rings is 1. The van der Waals surface area contributed by atoms with Crippen LogP contribution in [0.1, 0.15) is 21.5 Å². The van der Waals surface area contributed by atoms with Crippen LogP contribution in [0.15, 0.2) is 107 Å². The zero-order valence-electron chi connectivity index (χ0n) is 19.8. The standard InChI is InChI=1S/C27H21F3N6O2/c28-27(29,30)23(13-22(31)19-7-4-12-32-14-19)34-21-9-10-24(33-15-21)35-26(38)20-8-11-25(37)36(17-20)16-18-5-2-1-3-6-18/h1-15,17H,16,31H2,(H,33,35,38). The quantitative estimate of drug-likeness (QED) is 0.348. The summed E-state index contributed by atoms with van der Waals surface area (Å²) in [5, 5.41) is 2.56. The highest BCUT2D eigenvalue weighted by Gasteiger charge is 2.34. The third-order valence-corrected chi connectivity index (χ3v) is 5.26. The molecule has 192 valence electrons. The zero-order valence-corrected chi connectivity index (χ0v) is 19.8. The summed E-state index contributed by atoms with van der Waals surface area (Å²) >= 11 is 0. The van der Waals surface area contributed by atoms with Crippen LogP contribution in [0.3, 0.4) is 0 Å². The first-order chi connectivity index (χ1) is 18.2. The van der Waals surface area contributed by atoms with Crippen molar-refractivity contribution >= 4 is 28.8 Å². The maximum Gasteiger partial charge on any atom is 0.433 e. The van der Waals surface area contributed by atoms with Gasteiger partial charge in [0.1, 0.15) is 11.5 Å². The van der Waals surface area contributed by atoms with Crippen LogP contribution in [0.5, 0.6) is 0 Å². The molecule has 38 heavy (non-hydrogen) atoms. The summed E-state index contributed by atoms with van der Waals surface area (Å²) in [6, 6.07) is 17.6. The molecule has 4 rings (SSSR count). The highest BCUT2D eigenvalue weighted by atomic mass is 19.4. The van der Waals surface area contributed by atoms with Crippen LogP contribution in [-0.2, 0) is 6.54 Å². The molecular formula is C27H21F3N6O2. The molecule has 1 amide bonds. The molecule has 4 aromatic rings. The van der Waals surface area contributed by atoms with E-state index >= 15 is 0 Å². The van der Waals surface area contributed by atoms with Gasteiger partial charge in [-0.2, -0.15) is 13.2 Å². The second kappa shape index (κ2) is 11.3. The van der Waals surface area contributed by atoms with Gasteiger partial charge in [-0.15, -0.1) is 0 Å².